The second kappa shape index (κ2) is 7.58. The highest BCUT2D eigenvalue weighted by Crippen LogP contribution is 2.18. The van der Waals surface area contributed by atoms with Gasteiger partial charge in [-0.1, -0.05) is 13.0 Å². The molecule has 0 unspecified atom stereocenters. The summed E-state index contributed by atoms with van der Waals surface area (Å²) in [5.74, 6) is -0.776. The van der Waals surface area contributed by atoms with Crippen LogP contribution >= 0.6 is 12.4 Å². The third-order valence-corrected chi connectivity index (χ3v) is 3.73. The Balaban J connectivity index is 0.00000225. The molecule has 0 bridgehead atoms. The second-order valence-corrected chi connectivity index (χ2v) is 5.38. The summed E-state index contributed by atoms with van der Waals surface area (Å²) < 4.78 is 28.2. The lowest BCUT2D eigenvalue weighted by Gasteiger charge is -2.18. The lowest BCUT2D eigenvalue weighted by atomic mass is 10.2. The molecule has 0 saturated heterocycles. The number of fused-ring (bicyclic) bond motifs is 1. The molecule has 25 heavy (non-hydrogen) atoms. The van der Waals surface area contributed by atoms with Crippen LogP contribution in [0, 0.1) is 11.6 Å². The molecule has 0 spiro atoms. The summed E-state index contributed by atoms with van der Waals surface area (Å²) in [6, 6.07) is 9.18. The zero-order valence-electron chi connectivity index (χ0n) is 13.4. The van der Waals surface area contributed by atoms with Crippen molar-refractivity contribution in [2.24, 2.45) is 5.73 Å². The van der Waals surface area contributed by atoms with Gasteiger partial charge in [-0.3, -0.25) is 10.2 Å². The first-order valence-corrected chi connectivity index (χ1v) is 7.50. The molecule has 3 aromatic rings. The Kier molecular flexibility index (Phi) is 5.71. The minimum Gasteiger partial charge on any atom is -0.321 e. The quantitative estimate of drug-likeness (QED) is 0.742. The van der Waals surface area contributed by atoms with E-state index in [2.05, 4.69) is 10.4 Å². The van der Waals surface area contributed by atoms with Gasteiger partial charge in [0.25, 0.3) is 5.56 Å². The molecule has 2 aromatic carbocycles. The Hall–Kier alpha value is -2.51. The first kappa shape index (κ1) is 18.8. The number of hydrogen-bond donors (Lipinski definition) is 2. The lowest BCUT2D eigenvalue weighted by molar-refractivity contribution is 0.601. The summed E-state index contributed by atoms with van der Waals surface area (Å²) >= 11 is 0. The normalized spacial score (nSPS) is 11.8. The maximum absolute atomic E-state index is 14.1. The molecular weight excluding hydrogens is 350 g/mol. The van der Waals surface area contributed by atoms with E-state index in [1.165, 1.54) is 36.4 Å². The van der Waals surface area contributed by atoms with E-state index in [1.807, 2.05) is 6.92 Å². The molecule has 0 aliphatic rings. The van der Waals surface area contributed by atoms with Crippen LogP contribution in [0.1, 0.15) is 25.2 Å². The first-order valence-electron chi connectivity index (χ1n) is 7.50. The lowest BCUT2D eigenvalue weighted by Crippen LogP contribution is -2.34. The van der Waals surface area contributed by atoms with E-state index in [9.17, 15) is 13.6 Å². The Morgan fingerprint density at radius 2 is 1.88 bits per heavy atom. The molecule has 8 heteroatoms. The summed E-state index contributed by atoms with van der Waals surface area (Å²) in [5.41, 5.74) is 8.99. The summed E-state index contributed by atoms with van der Waals surface area (Å²) in [6.45, 7) is 1.86. The smallest absolute Gasteiger partial charge is 0.283 e. The van der Waals surface area contributed by atoms with E-state index in [4.69, 9.17) is 5.73 Å². The molecule has 1 atom stereocenters. The van der Waals surface area contributed by atoms with Crippen molar-refractivity contribution in [1.82, 2.24) is 9.66 Å². The number of halogens is 3. The number of nitrogens with one attached hydrogen (secondary N) is 1. The topological polar surface area (TPSA) is 72.9 Å². The molecule has 1 aromatic heterocycles. The van der Waals surface area contributed by atoms with Crippen molar-refractivity contribution in [3.05, 3.63) is 70.3 Å². The van der Waals surface area contributed by atoms with Crippen molar-refractivity contribution in [3.8, 4) is 0 Å². The van der Waals surface area contributed by atoms with Gasteiger partial charge in [0.15, 0.2) is 0 Å². The van der Waals surface area contributed by atoms with E-state index in [0.717, 1.165) is 4.68 Å². The SMILES string of the molecule is CC[C@H](N)c1nc2cccc(F)c2c(=O)n1Nc1ccc(F)cc1.Cl. The average Bonchev–Trinajstić information content (AvgIpc) is 2.58. The number of benzene rings is 2. The predicted molar refractivity (Wildman–Crippen MR) is 95.8 cm³/mol. The molecule has 5 nitrogen and oxygen atoms in total. The molecule has 0 aliphatic heterocycles. The standard InChI is InChI=1S/C17H16F2N4O.ClH/c1-2-13(20)16-21-14-5-3-4-12(19)15(14)17(24)23(16)22-11-8-6-10(18)7-9-11;/h3-9,13,22H,2,20H2,1H3;1H/t13-;/m0./s1. The van der Waals surface area contributed by atoms with Gasteiger partial charge < -0.3 is 5.73 Å². The van der Waals surface area contributed by atoms with Crippen LogP contribution in [0.3, 0.4) is 0 Å². The number of nitrogens with zero attached hydrogens (tertiary/aromatic N) is 2. The number of aromatic nitrogens is 2. The molecular formula is C17H17ClF2N4O. The van der Waals surface area contributed by atoms with Crippen LogP contribution in [-0.2, 0) is 0 Å². The Morgan fingerprint density at radius 3 is 2.52 bits per heavy atom. The van der Waals surface area contributed by atoms with Gasteiger partial charge in [0.05, 0.1) is 17.2 Å². The van der Waals surface area contributed by atoms with Crippen LogP contribution in [0.5, 0.6) is 0 Å². The fourth-order valence-corrected chi connectivity index (χ4v) is 2.40. The van der Waals surface area contributed by atoms with Crippen LogP contribution in [0.4, 0.5) is 14.5 Å². The van der Waals surface area contributed by atoms with Gasteiger partial charge in [-0.15, -0.1) is 12.4 Å². The van der Waals surface area contributed by atoms with Gasteiger partial charge in [0.2, 0.25) is 0 Å². The van der Waals surface area contributed by atoms with Crippen molar-refractivity contribution in [1.29, 1.82) is 0 Å². The fraction of sp³-hybridized carbons (Fsp3) is 0.176. The Labute approximate surface area is 148 Å². The van der Waals surface area contributed by atoms with E-state index < -0.39 is 23.2 Å². The zero-order chi connectivity index (χ0) is 17.3. The van der Waals surface area contributed by atoms with Crippen LogP contribution in [0.2, 0.25) is 0 Å². The Morgan fingerprint density at radius 1 is 1.20 bits per heavy atom. The third kappa shape index (κ3) is 3.62. The van der Waals surface area contributed by atoms with E-state index in [0.29, 0.717) is 12.1 Å². The molecule has 3 rings (SSSR count). The molecule has 0 aliphatic carbocycles. The first-order chi connectivity index (χ1) is 11.5. The fourth-order valence-electron chi connectivity index (χ4n) is 2.40. The van der Waals surface area contributed by atoms with E-state index in [1.54, 1.807) is 6.07 Å². The van der Waals surface area contributed by atoms with Crippen molar-refractivity contribution < 1.29 is 8.78 Å². The van der Waals surface area contributed by atoms with Crippen LogP contribution < -0.4 is 16.7 Å². The van der Waals surface area contributed by atoms with Crippen LogP contribution in [0.15, 0.2) is 47.3 Å². The highest BCUT2D eigenvalue weighted by atomic mass is 35.5. The van der Waals surface area contributed by atoms with E-state index >= 15 is 0 Å². The van der Waals surface area contributed by atoms with Crippen molar-refractivity contribution >= 4 is 29.0 Å². The zero-order valence-corrected chi connectivity index (χ0v) is 14.2. The van der Waals surface area contributed by atoms with Crippen molar-refractivity contribution in [3.63, 3.8) is 0 Å². The monoisotopic (exact) mass is 366 g/mol. The predicted octanol–water partition coefficient (Wildman–Crippen LogP) is 3.38. The van der Waals surface area contributed by atoms with Crippen molar-refractivity contribution in [2.75, 3.05) is 5.43 Å². The minimum absolute atomic E-state index is 0. The maximum Gasteiger partial charge on any atom is 0.283 e. The number of anilines is 1. The molecule has 0 saturated carbocycles. The molecule has 0 fully saturated rings. The van der Waals surface area contributed by atoms with Crippen LogP contribution in [0.25, 0.3) is 10.9 Å². The summed E-state index contributed by atoms with van der Waals surface area (Å²) in [7, 11) is 0. The van der Waals surface area contributed by atoms with Gasteiger partial charge in [0, 0.05) is 0 Å². The number of rotatable bonds is 4. The number of hydrogen-bond acceptors (Lipinski definition) is 4. The second-order valence-electron chi connectivity index (χ2n) is 5.38. The van der Waals surface area contributed by atoms with Gasteiger partial charge in [-0.05, 0) is 42.8 Å². The molecule has 1 heterocycles. The van der Waals surface area contributed by atoms with Gasteiger partial charge >= 0.3 is 0 Å². The van der Waals surface area contributed by atoms with Crippen LogP contribution in [-0.4, -0.2) is 9.66 Å². The average molecular weight is 367 g/mol. The Bertz CT molecular complexity index is 944. The highest BCUT2D eigenvalue weighted by molar-refractivity contribution is 5.85. The van der Waals surface area contributed by atoms with Gasteiger partial charge in [-0.25, -0.2) is 18.4 Å². The van der Waals surface area contributed by atoms with Gasteiger partial charge in [-0.2, -0.15) is 0 Å². The highest BCUT2D eigenvalue weighted by Gasteiger charge is 2.18. The summed E-state index contributed by atoms with van der Waals surface area (Å²) in [5, 5.41) is -0.126. The molecule has 0 amide bonds. The third-order valence-electron chi connectivity index (χ3n) is 3.73. The molecule has 3 N–H and O–H groups in total. The molecule has 0 radical (unpaired) electrons. The number of nitrogens with two attached hydrogens (primary N) is 1. The summed E-state index contributed by atoms with van der Waals surface area (Å²) in [4.78, 5) is 17.1. The maximum atomic E-state index is 14.1. The summed E-state index contributed by atoms with van der Waals surface area (Å²) in [6.07, 6.45) is 0.540. The largest absolute Gasteiger partial charge is 0.321 e. The molecule has 132 valence electrons. The minimum atomic E-state index is -0.656. The van der Waals surface area contributed by atoms with Gasteiger partial charge in [0.1, 0.15) is 22.8 Å². The van der Waals surface area contributed by atoms with E-state index in [-0.39, 0.29) is 29.1 Å². The van der Waals surface area contributed by atoms with Crippen molar-refractivity contribution in [2.45, 2.75) is 19.4 Å².